The Balaban J connectivity index is 3.30. The van der Waals surface area contributed by atoms with Gasteiger partial charge in [-0.1, -0.05) is 99.8 Å². The molecule has 0 aromatic heterocycles. The maximum atomic E-state index is 13.7. The number of carbonyl (C=O) groups is 5. The summed E-state index contributed by atoms with van der Waals surface area (Å²) in [5.41, 5.74) is 0. The first-order valence-corrected chi connectivity index (χ1v) is 18.8. The van der Waals surface area contributed by atoms with Gasteiger partial charge in [-0.3, -0.25) is 19.2 Å². The van der Waals surface area contributed by atoms with Gasteiger partial charge < -0.3 is 31.1 Å². The van der Waals surface area contributed by atoms with Crippen LogP contribution in [0.25, 0.3) is 0 Å². The number of ether oxygens (including phenoxy) is 1. The molecule has 1 saturated heterocycles. The van der Waals surface area contributed by atoms with Gasteiger partial charge in [0.15, 0.2) is 0 Å². The fraction of sp³-hybridized carbons (Fsp3) is 0.865. The Morgan fingerprint density at radius 2 is 1.25 bits per heavy atom. The van der Waals surface area contributed by atoms with Gasteiger partial charge in [-0.2, -0.15) is 0 Å². The second-order valence-electron chi connectivity index (χ2n) is 15.0. The normalized spacial score (nSPS) is 23.6. The Morgan fingerprint density at radius 3 is 1.81 bits per heavy atom. The minimum atomic E-state index is -1.07. The van der Waals surface area contributed by atoms with Gasteiger partial charge in [0.05, 0.1) is 12.5 Å². The van der Waals surface area contributed by atoms with E-state index in [1.807, 2.05) is 41.5 Å². The van der Waals surface area contributed by atoms with Crippen molar-refractivity contribution in [2.45, 2.75) is 181 Å². The van der Waals surface area contributed by atoms with Crippen molar-refractivity contribution >= 4 is 29.7 Å². The van der Waals surface area contributed by atoms with Crippen molar-refractivity contribution in [3.05, 3.63) is 0 Å². The molecule has 3 amide bonds. The van der Waals surface area contributed by atoms with Gasteiger partial charge in [-0.25, -0.2) is 4.79 Å². The maximum absolute atomic E-state index is 13.7. The van der Waals surface area contributed by atoms with Gasteiger partial charge in [0.1, 0.15) is 18.2 Å². The molecule has 48 heavy (non-hydrogen) atoms. The highest BCUT2D eigenvalue weighted by Gasteiger charge is 2.32. The zero-order chi connectivity index (χ0) is 36.1. The van der Waals surface area contributed by atoms with E-state index >= 15 is 0 Å². The molecule has 11 nitrogen and oxygen atoms in total. The Bertz CT molecular complexity index is 971. The molecule has 5 atom stereocenters. The van der Waals surface area contributed by atoms with Crippen molar-refractivity contribution in [3.63, 3.8) is 0 Å². The van der Waals surface area contributed by atoms with Gasteiger partial charge in [-0.15, -0.1) is 0 Å². The molecule has 1 heterocycles. The summed E-state index contributed by atoms with van der Waals surface area (Å²) in [5.74, 6) is -2.40. The summed E-state index contributed by atoms with van der Waals surface area (Å²) in [5, 5.41) is 21.4. The topological polar surface area (TPSA) is 163 Å². The summed E-state index contributed by atoms with van der Waals surface area (Å²) >= 11 is 0. The molecule has 1 rings (SSSR count). The highest BCUT2D eigenvalue weighted by atomic mass is 16.5. The summed E-state index contributed by atoms with van der Waals surface area (Å²) in [4.78, 5) is 65.6. The maximum Gasteiger partial charge on any atom is 0.328 e. The molecule has 278 valence electrons. The Hall–Kier alpha value is -2.69. The molecule has 0 spiro atoms. The van der Waals surface area contributed by atoms with Crippen LogP contribution >= 0.6 is 0 Å². The van der Waals surface area contributed by atoms with E-state index in [2.05, 4.69) is 28.2 Å². The quantitative estimate of drug-likeness (QED) is 0.0865. The van der Waals surface area contributed by atoms with E-state index in [0.717, 1.165) is 25.7 Å². The van der Waals surface area contributed by atoms with Crippen molar-refractivity contribution < 1.29 is 33.8 Å². The van der Waals surface area contributed by atoms with Crippen LogP contribution in [0.3, 0.4) is 0 Å². The van der Waals surface area contributed by atoms with Crippen LogP contribution in [0.15, 0.2) is 0 Å². The molecule has 0 unspecified atom stereocenters. The molecule has 0 saturated carbocycles. The Labute approximate surface area is 290 Å². The predicted molar refractivity (Wildman–Crippen MR) is 189 cm³/mol. The number of unbranched alkanes of at least 4 members (excludes halogenated alkanes) is 8. The molecular weight excluding hydrogens is 612 g/mol. The lowest BCUT2D eigenvalue weighted by Gasteiger charge is -2.30. The van der Waals surface area contributed by atoms with Crippen LogP contribution in [0.1, 0.15) is 151 Å². The minimum absolute atomic E-state index is 0.0771. The molecule has 11 heteroatoms. The average molecular weight is 681 g/mol. The van der Waals surface area contributed by atoms with Gasteiger partial charge in [0.25, 0.3) is 0 Å². The third-order valence-corrected chi connectivity index (χ3v) is 8.67. The summed E-state index contributed by atoms with van der Waals surface area (Å²) < 4.78 is 5.96. The highest BCUT2D eigenvalue weighted by Crippen LogP contribution is 2.18. The van der Waals surface area contributed by atoms with Gasteiger partial charge in [0.2, 0.25) is 17.7 Å². The number of nitrogens with one attached hydrogen (secondary N) is 4. The fourth-order valence-corrected chi connectivity index (χ4v) is 6.19. The lowest BCUT2D eigenvalue weighted by molar-refractivity contribution is -0.155. The van der Waals surface area contributed by atoms with Crippen molar-refractivity contribution in [2.24, 2.45) is 17.8 Å². The first-order chi connectivity index (χ1) is 22.7. The number of cyclic esters (lactones) is 1. The molecule has 0 aliphatic carbocycles. The zero-order valence-electron chi connectivity index (χ0n) is 31.0. The van der Waals surface area contributed by atoms with Crippen molar-refractivity contribution in [2.75, 3.05) is 6.54 Å². The lowest BCUT2D eigenvalue weighted by atomic mass is 9.98. The van der Waals surface area contributed by atoms with E-state index in [4.69, 9.17) is 4.74 Å². The van der Waals surface area contributed by atoms with E-state index in [0.29, 0.717) is 25.7 Å². The van der Waals surface area contributed by atoms with Crippen LogP contribution in [-0.4, -0.2) is 71.6 Å². The number of rotatable bonds is 19. The number of carboxylic acid groups (broad SMARTS) is 1. The van der Waals surface area contributed by atoms with Gasteiger partial charge >= 0.3 is 11.9 Å². The molecule has 1 aliphatic rings. The molecular formula is C37H68N4O7. The molecule has 0 bridgehead atoms. The first kappa shape index (κ1) is 43.3. The molecule has 1 aliphatic heterocycles. The highest BCUT2D eigenvalue weighted by molar-refractivity contribution is 5.89. The monoisotopic (exact) mass is 681 g/mol. The van der Waals surface area contributed by atoms with Crippen LogP contribution in [0.2, 0.25) is 0 Å². The Morgan fingerprint density at radius 1 is 0.708 bits per heavy atom. The molecule has 0 aromatic carbocycles. The summed E-state index contributed by atoms with van der Waals surface area (Å²) in [6.07, 6.45) is 10.8. The SMILES string of the molecule is CCCCCCCCCCC[C@@H]1CC(=O)N[C@@H](CCC(=O)O)C(=O)N[C@@H](CC(C)C)CN[C@H](CC(C)C)C(=O)N[C@@H](CC(C)C)C(=O)O1. The standard InChI is InChI=1S/C37H68N4O7/c1-8-9-10-11-12-13-14-15-16-17-29-23-33(42)40-30(18-19-34(43)44)35(45)39-28(20-25(2)3)24-38-31(21-26(4)5)36(46)41-32(22-27(6)7)37(47)48-29/h25-32,38H,8-24H2,1-7H3,(H,39,45)(H,40,42)(H,41,46)(H,43,44)/t28-,29+,30-,31+,32-/m0/s1. The van der Waals surface area contributed by atoms with Crippen molar-refractivity contribution in [3.8, 4) is 0 Å². The number of amides is 3. The van der Waals surface area contributed by atoms with E-state index in [1.165, 1.54) is 32.1 Å². The van der Waals surface area contributed by atoms with Gasteiger partial charge in [-0.05, 0) is 56.3 Å². The number of hydrogen-bond acceptors (Lipinski definition) is 7. The van der Waals surface area contributed by atoms with Crippen LogP contribution in [0, 0.1) is 17.8 Å². The molecule has 0 aromatic rings. The van der Waals surface area contributed by atoms with Crippen LogP contribution in [-0.2, 0) is 28.7 Å². The smallest absolute Gasteiger partial charge is 0.328 e. The molecule has 1 fully saturated rings. The number of carbonyl (C=O) groups excluding carboxylic acids is 4. The minimum Gasteiger partial charge on any atom is -0.481 e. The van der Waals surface area contributed by atoms with E-state index in [9.17, 15) is 29.1 Å². The third kappa shape index (κ3) is 20.0. The summed E-state index contributed by atoms with van der Waals surface area (Å²) in [6, 6.07) is -2.91. The fourth-order valence-electron chi connectivity index (χ4n) is 6.19. The van der Waals surface area contributed by atoms with Crippen LogP contribution in [0.4, 0.5) is 0 Å². The predicted octanol–water partition coefficient (Wildman–Crippen LogP) is 5.64. The van der Waals surface area contributed by atoms with Gasteiger partial charge in [0, 0.05) is 19.0 Å². The largest absolute Gasteiger partial charge is 0.481 e. The van der Waals surface area contributed by atoms with Crippen LogP contribution in [0.5, 0.6) is 0 Å². The number of esters is 1. The molecule has 5 N–H and O–H groups in total. The summed E-state index contributed by atoms with van der Waals surface area (Å²) in [7, 11) is 0. The molecule has 0 radical (unpaired) electrons. The number of hydrogen-bond donors (Lipinski definition) is 5. The van der Waals surface area contributed by atoms with Crippen molar-refractivity contribution in [1.29, 1.82) is 0 Å². The second kappa shape index (κ2) is 24.4. The summed E-state index contributed by atoms with van der Waals surface area (Å²) in [6.45, 7) is 14.6. The van der Waals surface area contributed by atoms with Crippen molar-refractivity contribution in [1.82, 2.24) is 21.3 Å². The first-order valence-electron chi connectivity index (χ1n) is 18.8. The average Bonchev–Trinajstić information content (AvgIpc) is 2.98. The van der Waals surface area contributed by atoms with E-state index in [1.54, 1.807) is 0 Å². The number of carboxylic acids is 1. The Kier molecular flexibility index (Phi) is 22.1. The second-order valence-corrected chi connectivity index (χ2v) is 15.0. The van der Waals surface area contributed by atoms with E-state index in [-0.39, 0.29) is 55.5 Å². The lowest BCUT2D eigenvalue weighted by Crippen LogP contribution is -2.56. The number of aliphatic carboxylic acids is 1. The van der Waals surface area contributed by atoms with Crippen LogP contribution < -0.4 is 21.3 Å². The third-order valence-electron chi connectivity index (χ3n) is 8.67. The van der Waals surface area contributed by atoms with E-state index < -0.39 is 48.0 Å². The zero-order valence-corrected chi connectivity index (χ0v) is 31.0.